The van der Waals surface area contributed by atoms with Crippen molar-refractivity contribution in [2.45, 2.75) is 42.9 Å². The van der Waals surface area contributed by atoms with E-state index >= 15 is 0 Å². The minimum Gasteiger partial charge on any atom is -0.324 e. The van der Waals surface area contributed by atoms with Crippen LogP contribution in [-0.2, 0) is 5.88 Å². The van der Waals surface area contributed by atoms with Crippen LogP contribution < -0.4 is 0 Å². The number of nitrogens with zero attached hydrogens (tertiary/aromatic N) is 2. The molecular formula is C15H18BrClN2S. The fourth-order valence-electron chi connectivity index (χ4n) is 3.19. The SMILES string of the molecule is CSC1CCCC(n2c(CCl)nc3cc(Br)ccc32)C1. The van der Waals surface area contributed by atoms with Crippen molar-refractivity contribution in [1.29, 1.82) is 0 Å². The van der Waals surface area contributed by atoms with Crippen LogP contribution in [0.3, 0.4) is 0 Å². The first-order valence-corrected chi connectivity index (χ1v) is 9.59. The Labute approximate surface area is 137 Å². The number of aromatic nitrogens is 2. The lowest BCUT2D eigenvalue weighted by Gasteiger charge is -2.30. The van der Waals surface area contributed by atoms with Crippen LogP contribution in [0.2, 0.25) is 0 Å². The number of halogens is 2. The minimum absolute atomic E-state index is 0.479. The molecule has 1 aliphatic carbocycles. The molecule has 5 heteroatoms. The second-order valence-corrected chi connectivity index (χ2v) is 7.66. The molecule has 20 heavy (non-hydrogen) atoms. The molecule has 0 bridgehead atoms. The summed E-state index contributed by atoms with van der Waals surface area (Å²) >= 11 is 11.6. The summed E-state index contributed by atoms with van der Waals surface area (Å²) in [6, 6.07) is 6.87. The average molecular weight is 374 g/mol. The largest absolute Gasteiger partial charge is 0.324 e. The van der Waals surface area contributed by atoms with Gasteiger partial charge < -0.3 is 4.57 Å². The van der Waals surface area contributed by atoms with E-state index in [1.165, 1.54) is 31.2 Å². The summed E-state index contributed by atoms with van der Waals surface area (Å²) in [6.45, 7) is 0. The standard InChI is InChI=1S/C15H18BrClN2S/c1-20-12-4-2-3-11(8-12)19-14-6-5-10(16)7-13(14)18-15(19)9-17/h5-7,11-12H,2-4,8-9H2,1H3. The molecule has 2 aromatic rings. The monoisotopic (exact) mass is 372 g/mol. The van der Waals surface area contributed by atoms with Crippen molar-refractivity contribution in [2.24, 2.45) is 0 Å². The van der Waals surface area contributed by atoms with E-state index in [-0.39, 0.29) is 0 Å². The van der Waals surface area contributed by atoms with Crippen LogP contribution in [0.25, 0.3) is 11.0 Å². The van der Waals surface area contributed by atoms with Gasteiger partial charge in [-0.05, 0) is 43.7 Å². The molecule has 0 spiro atoms. The van der Waals surface area contributed by atoms with E-state index in [0.717, 1.165) is 21.1 Å². The third-order valence-corrected chi connectivity index (χ3v) is 5.97. The molecule has 1 saturated carbocycles. The highest BCUT2D eigenvalue weighted by atomic mass is 79.9. The lowest BCUT2D eigenvalue weighted by atomic mass is 9.94. The fraction of sp³-hybridized carbons (Fsp3) is 0.533. The van der Waals surface area contributed by atoms with Crippen LogP contribution >= 0.6 is 39.3 Å². The zero-order chi connectivity index (χ0) is 14.1. The van der Waals surface area contributed by atoms with Crippen LogP contribution in [0.1, 0.15) is 37.5 Å². The van der Waals surface area contributed by atoms with Crippen molar-refractivity contribution in [3.8, 4) is 0 Å². The number of imidazole rings is 1. The predicted octanol–water partition coefficient (Wildman–Crippen LogP) is 5.38. The molecule has 1 aliphatic rings. The van der Waals surface area contributed by atoms with Gasteiger partial charge in [0, 0.05) is 15.8 Å². The van der Waals surface area contributed by atoms with Crippen molar-refractivity contribution in [2.75, 3.05) is 6.26 Å². The highest BCUT2D eigenvalue weighted by molar-refractivity contribution is 9.10. The van der Waals surface area contributed by atoms with E-state index in [0.29, 0.717) is 11.9 Å². The summed E-state index contributed by atoms with van der Waals surface area (Å²) in [7, 11) is 0. The molecule has 0 N–H and O–H groups in total. The maximum absolute atomic E-state index is 6.13. The van der Waals surface area contributed by atoms with E-state index in [2.05, 4.69) is 45.0 Å². The lowest BCUT2D eigenvalue weighted by molar-refractivity contribution is 0.362. The van der Waals surface area contributed by atoms with Crippen molar-refractivity contribution in [1.82, 2.24) is 9.55 Å². The van der Waals surface area contributed by atoms with Crippen molar-refractivity contribution in [3.05, 3.63) is 28.5 Å². The van der Waals surface area contributed by atoms with Crippen LogP contribution in [0.15, 0.2) is 22.7 Å². The van der Waals surface area contributed by atoms with E-state index in [1.54, 1.807) is 0 Å². The Balaban J connectivity index is 2.04. The summed E-state index contributed by atoms with van der Waals surface area (Å²) in [4.78, 5) is 4.71. The summed E-state index contributed by atoms with van der Waals surface area (Å²) < 4.78 is 3.46. The molecule has 2 unspecified atom stereocenters. The molecular weight excluding hydrogens is 356 g/mol. The number of hydrogen-bond donors (Lipinski definition) is 0. The molecule has 1 heterocycles. The molecule has 1 aromatic carbocycles. The van der Waals surface area contributed by atoms with Gasteiger partial charge in [0.25, 0.3) is 0 Å². The van der Waals surface area contributed by atoms with Crippen LogP contribution in [0, 0.1) is 0 Å². The lowest BCUT2D eigenvalue weighted by Crippen LogP contribution is -2.21. The molecule has 108 valence electrons. The number of thioether (sulfide) groups is 1. The molecule has 0 radical (unpaired) electrons. The van der Waals surface area contributed by atoms with Gasteiger partial charge in [0.1, 0.15) is 5.82 Å². The van der Waals surface area contributed by atoms with Crippen molar-refractivity contribution in [3.63, 3.8) is 0 Å². The number of benzene rings is 1. The Morgan fingerprint density at radius 1 is 1.45 bits per heavy atom. The van der Waals surface area contributed by atoms with Gasteiger partial charge in [0.2, 0.25) is 0 Å². The number of alkyl halides is 1. The quantitative estimate of drug-likeness (QED) is 0.672. The number of hydrogen-bond acceptors (Lipinski definition) is 2. The van der Waals surface area contributed by atoms with Gasteiger partial charge in [-0.3, -0.25) is 0 Å². The minimum atomic E-state index is 0.479. The van der Waals surface area contributed by atoms with Crippen molar-refractivity contribution < 1.29 is 0 Å². The van der Waals surface area contributed by atoms with E-state index in [4.69, 9.17) is 16.6 Å². The van der Waals surface area contributed by atoms with Gasteiger partial charge >= 0.3 is 0 Å². The first kappa shape index (κ1) is 14.7. The van der Waals surface area contributed by atoms with Crippen LogP contribution in [-0.4, -0.2) is 21.1 Å². The smallest absolute Gasteiger partial charge is 0.125 e. The van der Waals surface area contributed by atoms with Crippen LogP contribution in [0.4, 0.5) is 0 Å². The highest BCUT2D eigenvalue weighted by Gasteiger charge is 2.25. The second kappa shape index (κ2) is 6.29. The topological polar surface area (TPSA) is 17.8 Å². The zero-order valence-corrected chi connectivity index (χ0v) is 14.6. The zero-order valence-electron chi connectivity index (χ0n) is 11.5. The van der Waals surface area contributed by atoms with Gasteiger partial charge in [-0.2, -0.15) is 11.8 Å². The predicted molar refractivity (Wildman–Crippen MR) is 91.8 cm³/mol. The average Bonchev–Trinajstić information content (AvgIpc) is 2.84. The maximum Gasteiger partial charge on any atom is 0.125 e. The maximum atomic E-state index is 6.13. The molecule has 0 amide bonds. The number of fused-ring (bicyclic) bond motifs is 1. The Kier molecular flexibility index (Phi) is 4.63. The summed E-state index contributed by atoms with van der Waals surface area (Å²) in [5.74, 6) is 1.48. The Morgan fingerprint density at radius 2 is 2.30 bits per heavy atom. The Morgan fingerprint density at radius 3 is 3.05 bits per heavy atom. The van der Waals surface area contributed by atoms with E-state index in [1.807, 2.05) is 11.8 Å². The Bertz CT molecular complexity index is 613. The summed E-state index contributed by atoms with van der Waals surface area (Å²) in [6.07, 6.45) is 7.33. The molecule has 2 atom stereocenters. The molecule has 1 fully saturated rings. The van der Waals surface area contributed by atoms with Gasteiger partial charge in [0.05, 0.1) is 16.9 Å². The molecule has 0 aliphatic heterocycles. The third kappa shape index (κ3) is 2.75. The molecule has 2 nitrogen and oxygen atoms in total. The van der Waals surface area contributed by atoms with Gasteiger partial charge in [0.15, 0.2) is 0 Å². The summed E-state index contributed by atoms with van der Waals surface area (Å²) in [5.41, 5.74) is 2.26. The molecule has 3 rings (SSSR count). The van der Waals surface area contributed by atoms with Crippen LogP contribution in [0.5, 0.6) is 0 Å². The first-order valence-electron chi connectivity index (χ1n) is 6.98. The Hall–Kier alpha value is -0.190. The third-order valence-electron chi connectivity index (χ3n) is 4.14. The number of rotatable bonds is 3. The molecule has 1 aromatic heterocycles. The molecule has 0 saturated heterocycles. The van der Waals surface area contributed by atoms with Gasteiger partial charge in [-0.1, -0.05) is 22.4 Å². The highest BCUT2D eigenvalue weighted by Crippen LogP contribution is 2.37. The van der Waals surface area contributed by atoms with Gasteiger partial charge in [-0.15, -0.1) is 11.6 Å². The summed E-state index contributed by atoms with van der Waals surface area (Å²) in [5, 5.41) is 0.768. The second-order valence-electron chi connectivity index (χ2n) is 5.34. The fourth-order valence-corrected chi connectivity index (χ4v) is 4.55. The van der Waals surface area contributed by atoms with E-state index in [9.17, 15) is 0 Å². The van der Waals surface area contributed by atoms with Crippen molar-refractivity contribution >= 4 is 50.3 Å². The van der Waals surface area contributed by atoms with Gasteiger partial charge in [-0.25, -0.2) is 4.98 Å². The van der Waals surface area contributed by atoms with E-state index < -0.39 is 0 Å². The first-order chi connectivity index (χ1) is 9.72. The normalized spacial score (nSPS) is 23.4.